The predicted molar refractivity (Wildman–Crippen MR) is 82.3 cm³/mol. The molecule has 0 saturated heterocycles. The van der Waals surface area contributed by atoms with Gasteiger partial charge in [0.1, 0.15) is 13.2 Å². The third kappa shape index (κ3) is 7.51. The van der Waals surface area contributed by atoms with Gasteiger partial charge in [0.05, 0.1) is 21.2 Å². The fourth-order valence-electron chi connectivity index (χ4n) is 1.81. The molecule has 0 radical (unpaired) electrons. The number of hydrogen-bond acceptors (Lipinski definition) is 5. The minimum Gasteiger partial charge on any atom is -0.550 e. The van der Waals surface area contributed by atoms with Gasteiger partial charge in [-0.25, -0.2) is 0 Å². The maximum Gasteiger partial charge on any atom is 0.220 e. The number of hydrogen-bond donors (Lipinski definition) is 2. The van der Waals surface area contributed by atoms with Gasteiger partial charge in [-0.1, -0.05) is 6.07 Å². The Morgan fingerprint density at radius 3 is 2.57 bits per heavy atom. The number of carboxylic acids is 1. The van der Waals surface area contributed by atoms with Gasteiger partial charge in [0.25, 0.3) is 0 Å². The average Bonchev–Trinajstić information content (AvgIpc) is 2.50. The number of carbonyl (C=O) groups is 2. The molecule has 23 heavy (non-hydrogen) atoms. The van der Waals surface area contributed by atoms with Crippen molar-refractivity contribution >= 4 is 11.9 Å². The third-order valence-corrected chi connectivity index (χ3v) is 3.13. The zero-order valence-electron chi connectivity index (χ0n) is 13.8. The molecular formula is C16H24N2O5. The maximum absolute atomic E-state index is 11.5. The van der Waals surface area contributed by atoms with E-state index in [9.17, 15) is 14.7 Å². The Morgan fingerprint density at radius 1 is 1.22 bits per heavy atom. The van der Waals surface area contributed by atoms with E-state index in [-0.39, 0.29) is 18.7 Å². The van der Waals surface area contributed by atoms with Gasteiger partial charge in [0.2, 0.25) is 5.91 Å². The van der Waals surface area contributed by atoms with Crippen LogP contribution in [0, 0.1) is 0 Å². The van der Waals surface area contributed by atoms with Crippen LogP contribution >= 0.6 is 0 Å². The Labute approximate surface area is 136 Å². The third-order valence-electron chi connectivity index (χ3n) is 3.13. The molecule has 7 heteroatoms. The van der Waals surface area contributed by atoms with Crippen LogP contribution in [0.4, 0.5) is 0 Å². The Balaban J connectivity index is 2.58. The number of aliphatic carboxylic acids is 1. The van der Waals surface area contributed by atoms with Crippen molar-refractivity contribution in [1.82, 2.24) is 5.32 Å². The second-order valence-corrected chi connectivity index (χ2v) is 5.44. The van der Waals surface area contributed by atoms with Crippen molar-refractivity contribution in [3.05, 3.63) is 23.8 Å². The summed E-state index contributed by atoms with van der Waals surface area (Å²) < 4.78 is 11.0. The predicted octanol–water partition coefficient (Wildman–Crippen LogP) is -1.64. The lowest BCUT2D eigenvalue weighted by Crippen LogP contribution is -3.06. The van der Waals surface area contributed by atoms with Crippen molar-refractivity contribution in [3.8, 4) is 11.5 Å². The van der Waals surface area contributed by atoms with E-state index in [0.29, 0.717) is 24.7 Å². The lowest BCUT2D eigenvalue weighted by Gasteiger charge is -2.14. The van der Waals surface area contributed by atoms with E-state index < -0.39 is 5.97 Å². The van der Waals surface area contributed by atoms with Crippen LogP contribution in [0.1, 0.15) is 18.4 Å². The molecular weight excluding hydrogens is 300 g/mol. The molecule has 0 unspecified atom stereocenters. The molecule has 0 aliphatic heterocycles. The van der Waals surface area contributed by atoms with E-state index in [1.54, 1.807) is 13.2 Å². The molecule has 0 heterocycles. The van der Waals surface area contributed by atoms with Gasteiger partial charge < -0.3 is 29.6 Å². The Kier molecular flexibility index (Phi) is 7.90. The summed E-state index contributed by atoms with van der Waals surface area (Å²) in [4.78, 5) is 23.1. The van der Waals surface area contributed by atoms with Crippen LogP contribution in [-0.4, -0.2) is 46.2 Å². The second kappa shape index (κ2) is 9.68. The second-order valence-electron chi connectivity index (χ2n) is 5.44. The first-order chi connectivity index (χ1) is 10.9. The summed E-state index contributed by atoms with van der Waals surface area (Å²) in [5, 5.41) is 13.0. The van der Waals surface area contributed by atoms with Crippen LogP contribution in [0.15, 0.2) is 18.2 Å². The number of rotatable bonds is 10. The minimum atomic E-state index is -1.23. The summed E-state index contributed by atoms with van der Waals surface area (Å²) >= 11 is 0. The molecule has 0 fully saturated rings. The first-order valence-corrected chi connectivity index (χ1v) is 7.47. The molecule has 0 saturated carbocycles. The fourth-order valence-corrected chi connectivity index (χ4v) is 1.81. The van der Waals surface area contributed by atoms with Crippen LogP contribution in [0.2, 0.25) is 0 Å². The molecule has 0 aliphatic carbocycles. The van der Waals surface area contributed by atoms with Gasteiger partial charge >= 0.3 is 0 Å². The van der Waals surface area contributed by atoms with Gasteiger partial charge in [-0.3, -0.25) is 4.79 Å². The lowest BCUT2D eigenvalue weighted by atomic mass is 10.2. The molecule has 1 aromatic carbocycles. The Hall–Kier alpha value is -2.28. The van der Waals surface area contributed by atoms with E-state index in [0.717, 1.165) is 12.1 Å². The van der Waals surface area contributed by atoms with Gasteiger partial charge in [0.15, 0.2) is 11.5 Å². The monoisotopic (exact) mass is 324 g/mol. The fraction of sp³-hybridized carbons (Fsp3) is 0.500. The Bertz CT molecular complexity index is 531. The molecule has 0 aromatic heterocycles. The maximum atomic E-state index is 11.5. The SMILES string of the molecule is COc1ccc(CNC(=O)CCC(=O)[O-])cc1OCC[NH+](C)C. The van der Waals surface area contributed by atoms with Crippen molar-refractivity contribution < 1.29 is 29.1 Å². The van der Waals surface area contributed by atoms with Gasteiger partial charge in [0, 0.05) is 18.9 Å². The van der Waals surface area contributed by atoms with E-state index in [2.05, 4.69) is 5.32 Å². The molecule has 1 rings (SSSR count). The van der Waals surface area contributed by atoms with Crippen LogP contribution in [0.5, 0.6) is 11.5 Å². The summed E-state index contributed by atoms with van der Waals surface area (Å²) in [6.07, 6.45) is -0.372. The number of nitrogens with one attached hydrogen (secondary N) is 2. The van der Waals surface area contributed by atoms with E-state index in [1.807, 2.05) is 26.2 Å². The highest BCUT2D eigenvalue weighted by Crippen LogP contribution is 2.27. The first-order valence-electron chi connectivity index (χ1n) is 7.47. The van der Waals surface area contributed by atoms with E-state index in [4.69, 9.17) is 9.47 Å². The van der Waals surface area contributed by atoms with Gasteiger partial charge in [-0.15, -0.1) is 0 Å². The van der Waals surface area contributed by atoms with Crippen LogP contribution in [-0.2, 0) is 16.1 Å². The molecule has 1 amide bonds. The normalized spacial score (nSPS) is 10.4. The summed E-state index contributed by atoms with van der Waals surface area (Å²) in [5.74, 6) is -0.312. The average molecular weight is 324 g/mol. The summed E-state index contributed by atoms with van der Waals surface area (Å²) in [6, 6.07) is 5.41. The number of ether oxygens (including phenoxy) is 2. The largest absolute Gasteiger partial charge is 0.550 e. The van der Waals surface area contributed by atoms with E-state index in [1.165, 1.54) is 4.90 Å². The van der Waals surface area contributed by atoms with Gasteiger partial charge in [-0.2, -0.15) is 0 Å². The van der Waals surface area contributed by atoms with Crippen molar-refractivity contribution in [3.63, 3.8) is 0 Å². The molecule has 0 spiro atoms. The zero-order chi connectivity index (χ0) is 17.2. The molecule has 2 N–H and O–H groups in total. The molecule has 0 aliphatic rings. The lowest BCUT2D eigenvalue weighted by molar-refractivity contribution is -0.858. The quantitative estimate of drug-likeness (QED) is 0.539. The van der Waals surface area contributed by atoms with Crippen LogP contribution < -0.4 is 24.8 Å². The van der Waals surface area contributed by atoms with Crippen molar-refractivity contribution in [2.45, 2.75) is 19.4 Å². The molecule has 7 nitrogen and oxygen atoms in total. The van der Waals surface area contributed by atoms with Crippen molar-refractivity contribution in [2.24, 2.45) is 0 Å². The Morgan fingerprint density at radius 2 is 1.96 bits per heavy atom. The highest BCUT2D eigenvalue weighted by Gasteiger charge is 2.08. The van der Waals surface area contributed by atoms with Crippen LogP contribution in [0.25, 0.3) is 0 Å². The minimum absolute atomic E-state index is 0.0898. The molecule has 1 aromatic rings. The van der Waals surface area contributed by atoms with E-state index >= 15 is 0 Å². The summed E-state index contributed by atoms with van der Waals surface area (Å²) in [7, 11) is 5.65. The number of methoxy groups -OCH3 is 1. The summed E-state index contributed by atoms with van der Waals surface area (Å²) in [5.41, 5.74) is 0.847. The first kappa shape index (κ1) is 18.8. The molecule has 128 valence electrons. The molecule has 0 atom stereocenters. The van der Waals surface area contributed by atoms with Crippen molar-refractivity contribution in [1.29, 1.82) is 0 Å². The highest BCUT2D eigenvalue weighted by atomic mass is 16.5. The summed E-state index contributed by atoms with van der Waals surface area (Å²) in [6.45, 7) is 1.71. The number of quaternary nitrogens is 1. The van der Waals surface area contributed by atoms with Crippen LogP contribution in [0.3, 0.4) is 0 Å². The highest BCUT2D eigenvalue weighted by molar-refractivity contribution is 5.79. The van der Waals surface area contributed by atoms with Crippen molar-refractivity contribution in [2.75, 3.05) is 34.4 Å². The topological polar surface area (TPSA) is 92.1 Å². The molecule has 0 bridgehead atoms. The zero-order valence-corrected chi connectivity index (χ0v) is 13.8. The number of carboxylic acid groups (broad SMARTS) is 1. The van der Waals surface area contributed by atoms with Gasteiger partial charge in [-0.05, 0) is 24.1 Å². The number of carbonyl (C=O) groups excluding carboxylic acids is 2. The number of likely N-dealkylation sites (N-methyl/N-ethyl adjacent to an activating group) is 1. The number of benzene rings is 1. The smallest absolute Gasteiger partial charge is 0.220 e. The number of amides is 1. The standard InChI is InChI=1S/C16H24N2O5/c1-18(2)8-9-23-14-10-12(4-5-13(14)22-3)11-17-15(19)6-7-16(20)21/h4-5,10H,6-9,11H2,1-3H3,(H,17,19)(H,20,21).